The Morgan fingerprint density at radius 3 is 2.64 bits per heavy atom. The zero-order valence-electron chi connectivity index (χ0n) is 23.1. The van der Waals surface area contributed by atoms with Gasteiger partial charge in [0.1, 0.15) is 18.2 Å². The van der Waals surface area contributed by atoms with Crippen LogP contribution in [0.4, 0.5) is 8.78 Å². The predicted molar refractivity (Wildman–Crippen MR) is 147 cm³/mol. The smallest absolute Gasteiger partial charge is 0.337 e. The molecule has 218 valence electrons. The number of piperidine rings is 1. The Morgan fingerprint density at radius 1 is 1.14 bits per heavy atom. The molecule has 2 aromatic heterocycles. The van der Waals surface area contributed by atoms with E-state index in [0.717, 1.165) is 61.9 Å². The minimum absolute atomic E-state index is 0.00967. The van der Waals surface area contributed by atoms with Crippen molar-refractivity contribution in [2.45, 2.75) is 51.1 Å². The Kier molecular flexibility index (Phi) is 7.86. The topological polar surface area (TPSA) is 107 Å². The number of ether oxygens (including phenoxy) is 3. The fourth-order valence-corrected chi connectivity index (χ4v) is 5.43. The first-order chi connectivity index (χ1) is 20.4. The molecule has 0 unspecified atom stereocenters. The van der Waals surface area contributed by atoms with E-state index in [0.29, 0.717) is 18.7 Å². The molecule has 0 aliphatic carbocycles. The van der Waals surface area contributed by atoms with Gasteiger partial charge in [-0.05, 0) is 49.6 Å². The lowest BCUT2D eigenvalue weighted by Gasteiger charge is -2.32. The van der Waals surface area contributed by atoms with Crippen molar-refractivity contribution in [3.8, 4) is 11.9 Å². The molecule has 4 heterocycles. The third-order valence-electron chi connectivity index (χ3n) is 7.93. The van der Waals surface area contributed by atoms with Gasteiger partial charge in [0.15, 0.2) is 0 Å². The number of benzene rings is 2. The van der Waals surface area contributed by atoms with Crippen molar-refractivity contribution in [2.24, 2.45) is 0 Å². The number of likely N-dealkylation sites (tertiary alicyclic amines) is 1. The Bertz CT molecular complexity index is 1650. The van der Waals surface area contributed by atoms with Crippen LogP contribution in [0.3, 0.4) is 0 Å². The van der Waals surface area contributed by atoms with Crippen molar-refractivity contribution in [1.82, 2.24) is 24.2 Å². The maximum absolute atomic E-state index is 14.6. The standard InChI is InChI=1S/C30H30F2N6O4/c1-40-30(39)20-4-5-26-27(13-20)37(15-23-8-11-41-23)28(34-26)17-36-9-6-22(7-10-36)38-16-25(32)29(35-38)42-18-21-3-2-19(14-33)12-24(21)31/h2-5,12-13,16,22-23H,6-11,15,17-18H2,1H3/t23-/m0/s1. The average Bonchev–Trinajstić information content (AvgIpc) is 3.52. The van der Waals surface area contributed by atoms with E-state index >= 15 is 0 Å². The summed E-state index contributed by atoms with van der Waals surface area (Å²) in [4.78, 5) is 19.3. The number of carbonyl (C=O) groups is 1. The molecule has 2 aromatic carbocycles. The maximum atomic E-state index is 14.6. The number of fused-ring (bicyclic) bond motifs is 1. The van der Waals surface area contributed by atoms with Gasteiger partial charge in [-0.15, -0.1) is 5.10 Å². The highest BCUT2D eigenvalue weighted by Crippen LogP contribution is 2.28. The van der Waals surface area contributed by atoms with E-state index in [1.54, 1.807) is 10.7 Å². The second kappa shape index (κ2) is 11.9. The molecule has 0 spiro atoms. The largest absolute Gasteiger partial charge is 0.470 e. The first kappa shape index (κ1) is 27.8. The van der Waals surface area contributed by atoms with Crippen LogP contribution in [0.15, 0.2) is 42.6 Å². The molecule has 2 aliphatic heterocycles. The summed E-state index contributed by atoms with van der Waals surface area (Å²) < 4.78 is 48.6. The Hall–Kier alpha value is -4.34. The summed E-state index contributed by atoms with van der Waals surface area (Å²) in [5.41, 5.74) is 2.58. The molecule has 0 saturated carbocycles. The molecule has 0 bridgehead atoms. The third kappa shape index (κ3) is 5.70. The number of esters is 1. The summed E-state index contributed by atoms with van der Waals surface area (Å²) in [6.07, 6.45) is 3.93. The summed E-state index contributed by atoms with van der Waals surface area (Å²) in [6.45, 7) is 3.36. The lowest BCUT2D eigenvalue weighted by Crippen LogP contribution is -2.36. The number of aromatic nitrogens is 4. The van der Waals surface area contributed by atoms with Gasteiger partial charge in [0.25, 0.3) is 5.88 Å². The summed E-state index contributed by atoms with van der Waals surface area (Å²) in [5.74, 6) is -0.863. The first-order valence-corrected chi connectivity index (χ1v) is 13.9. The SMILES string of the molecule is COC(=O)c1ccc2nc(CN3CCC(n4cc(F)c(OCc5ccc(C#N)cc5F)n4)CC3)n(C[C@@H]3CCO3)c2c1. The van der Waals surface area contributed by atoms with Crippen molar-refractivity contribution in [2.75, 3.05) is 26.8 Å². The number of hydrogen-bond acceptors (Lipinski definition) is 8. The number of rotatable bonds is 9. The molecule has 1 atom stereocenters. The molecular weight excluding hydrogens is 546 g/mol. The van der Waals surface area contributed by atoms with Crippen LogP contribution in [-0.4, -0.2) is 63.1 Å². The molecule has 2 fully saturated rings. The Morgan fingerprint density at radius 2 is 1.95 bits per heavy atom. The molecule has 42 heavy (non-hydrogen) atoms. The van der Waals surface area contributed by atoms with Gasteiger partial charge in [-0.25, -0.2) is 14.2 Å². The van der Waals surface area contributed by atoms with Crippen LogP contribution in [0.1, 0.15) is 52.6 Å². The Labute approximate surface area is 241 Å². The van der Waals surface area contributed by atoms with E-state index in [1.165, 1.54) is 25.4 Å². The molecule has 0 radical (unpaired) electrons. The fourth-order valence-electron chi connectivity index (χ4n) is 5.43. The van der Waals surface area contributed by atoms with Gasteiger partial charge >= 0.3 is 5.97 Å². The molecule has 0 N–H and O–H groups in total. The van der Waals surface area contributed by atoms with E-state index in [4.69, 9.17) is 24.5 Å². The van der Waals surface area contributed by atoms with Gasteiger partial charge in [-0.3, -0.25) is 9.58 Å². The molecule has 12 heteroatoms. The van der Waals surface area contributed by atoms with Crippen molar-refractivity contribution in [3.05, 3.63) is 76.7 Å². The number of nitrogens with zero attached hydrogens (tertiary/aromatic N) is 6. The third-order valence-corrected chi connectivity index (χ3v) is 7.93. The van der Waals surface area contributed by atoms with E-state index in [2.05, 4.69) is 14.6 Å². The van der Waals surface area contributed by atoms with Crippen LogP contribution in [-0.2, 0) is 29.2 Å². The second-order valence-corrected chi connectivity index (χ2v) is 10.6. The van der Waals surface area contributed by atoms with Crippen molar-refractivity contribution >= 4 is 17.0 Å². The van der Waals surface area contributed by atoms with E-state index in [-0.39, 0.29) is 35.8 Å². The Balaban J connectivity index is 1.11. The summed E-state index contributed by atoms with van der Waals surface area (Å²) in [7, 11) is 1.37. The minimum Gasteiger partial charge on any atom is -0.470 e. The highest BCUT2D eigenvalue weighted by atomic mass is 19.1. The van der Waals surface area contributed by atoms with Crippen molar-refractivity contribution < 1.29 is 27.8 Å². The number of carbonyl (C=O) groups excluding carboxylic acids is 1. The fraction of sp³-hybridized carbons (Fsp3) is 0.400. The van der Waals surface area contributed by atoms with Gasteiger partial charge in [0, 0.05) is 25.3 Å². The highest BCUT2D eigenvalue weighted by molar-refractivity contribution is 5.93. The van der Waals surface area contributed by atoms with Crippen LogP contribution < -0.4 is 4.74 Å². The van der Waals surface area contributed by atoms with Crippen LogP contribution in [0.25, 0.3) is 11.0 Å². The van der Waals surface area contributed by atoms with Crippen LogP contribution in [0.2, 0.25) is 0 Å². The van der Waals surface area contributed by atoms with E-state index in [9.17, 15) is 13.6 Å². The van der Waals surface area contributed by atoms with Gasteiger partial charge in [-0.1, -0.05) is 6.07 Å². The van der Waals surface area contributed by atoms with Gasteiger partial charge in [0.05, 0.1) is 66.8 Å². The minimum atomic E-state index is -0.607. The molecule has 2 aliphatic rings. The first-order valence-electron chi connectivity index (χ1n) is 13.9. The number of nitriles is 1. The monoisotopic (exact) mass is 576 g/mol. The molecule has 6 rings (SSSR count). The quantitative estimate of drug-likeness (QED) is 0.271. The zero-order chi connectivity index (χ0) is 29.2. The van der Waals surface area contributed by atoms with Crippen LogP contribution in [0.5, 0.6) is 5.88 Å². The molecule has 2 saturated heterocycles. The lowest BCUT2D eigenvalue weighted by atomic mass is 10.1. The number of imidazole rings is 1. The normalized spacial score (nSPS) is 17.6. The van der Waals surface area contributed by atoms with Crippen molar-refractivity contribution in [3.63, 3.8) is 0 Å². The number of methoxy groups -OCH3 is 1. The van der Waals surface area contributed by atoms with Gasteiger partial charge in [0.2, 0.25) is 5.82 Å². The molecule has 4 aromatic rings. The van der Waals surface area contributed by atoms with Crippen molar-refractivity contribution in [1.29, 1.82) is 5.26 Å². The predicted octanol–water partition coefficient (Wildman–Crippen LogP) is 4.37. The molecule has 0 amide bonds. The molecular formula is C30H30F2N6O4. The maximum Gasteiger partial charge on any atom is 0.337 e. The number of halogens is 2. The highest BCUT2D eigenvalue weighted by Gasteiger charge is 2.27. The zero-order valence-corrected chi connectivity index (χ0v) is 23.1. The van der Waals surface area contributed by atoms with E-state index < -0.39 is 17.6 Å². The van der Waals surface area contributed by atoms with Gasteiger partial charge in [-0.2, -0.15) is 9.65 Å². The summed E-state index contributed by atoms with van der Waals surface area (Å²) in [6, 6.07) is 11.3. The molecule has 10 nitrogen and oxygen atoms in total. The van der Waals surface area contributed by atoms with Gasteiger partial charge < -0.3 is 18.8 Å². The number of hydrogen-bond donors (Lipinski definition) is 0. The van der Waals surface area contributed by atoms with Crippen LogP contribution in [0, 0.1) is 23.0 Å². The average molecular weight is 577 g/mol. The summed E-state index contributed by atoms with van der Waals surface area (Å²) >= 11 is 0. The summed E-state index contributed by atoms with van der Waals surface area (Å²) in [5, 5.41) is 13.2. The van der Waals surface area contributed by atoms with E-state index in [1.807, 2.05) is 18.2 Å². The lowest BCUT2D eigenvalue weighted by molar-refractivity contribution is -0.0592. The van der Waals surface area contributed by atoms with Crippen LogP contribution >= 0.6 is 0 Å². The second-order valence-electron chi connectivity index (χ2n) is 10.6.